The van der Waals surface area contributed by atoms with Gasteiger partial charge in [-0.3, -0.25) is 14.2 Å². The van der Waals surface area contributed by atoms with Gasteiger partial charge in [-0.1, -0.05) is 55.3 Å². The Hall–Kier alpha value is -3.62. The van der Waals surface area contributed by atoms with Gasteiger partial charge >= 0.3 is 0 Å². The number of ether oxygens (including phenoxy) is 1. The number of unbranched alkanes of at least 4 members (excludes halogenated alkanes) is 2. The zero-order chi connectivity index (χ0) is 26.0. The predicted octanol–water partition coefficient (Wildman–Crippen LogP) is 5.85. The maximum Gasteiger partial charge on any atom is 0.266 e. The molecule has 190 valence electrons. The topological polar surface area (TPSA) is 85.6 Å². The van der Waals surface area contributed by atoms with Crippen molar-refractivity contribution in [3.05, 3.63) is 93.7 Å². The van der Waals surface area contributed by atoms with Gasteiger partial charge in [0.05, 0.1) is 35.2 Å². The number of hydrazone groups is 1. The third-order valence-electron chi connectivity index (χ3n) is 5.46. The van der Waals surface area contributed by atoms with Crippen molar-refractivity contribution < 1.29 is 9.53 Å². The summed E-state index contributed by atoms with van der Waals surface area (Å²) in [6.45, 7) is 2.86. The molecule has 0 bridgehead atoms. The average molecular weight is 535 g/mol. The van der Waals surface area contributed by atoms with E-state index >= 15 is 0 Å². The molecule has 0 aliphatic rings. The number of nitrogens with one attached hydrogen (secondary N) is 1. The summed E-state index contributed by atoms with van der Waals surface area (Å²) in [5, 5.41) is 5.50. The van der Waals surface area contributed by atoms with Crippen LogP contribution >= 0.6 is 23.4 Å². The highest BCUT2D eigenvalue weighted by molar-refractivity contribution is 7.99. The number of halogens is 1. The van der Waals surface area contributed by atoms with Crippen LogP contribution in [0.5, 0.6) is 5.75 Å². The molecule has 3 aromatic carbocycles. The number of thioether (sulfide) groups is 1. The fraction of sp³-hybridized carbons (Fsp3) is 0.214. The average Bonchev–Trinajstić information content (AvgIpc) is 2.92. The minimum atomic E-state index is -0.317. The summed E-state index contributed by atoms with van der Waals surface area (Å²) in [4.78, 5) is 30.4. The van der Waals surface area contributed by atoms with Gasteiger partial charge in [-0.05, 0) is 72.6 Å². The molecule has 9 heteroatoms. The molecule has 37 heavy (non-hydrogen) atoms. The van der Waals surface area contributed by atoms with Gasteiger partial charge in [0.25, 0.3) is 11.5 Å². The Morgan fingerprint density at radius 1 is 1.08 bits per heavy atom. The van der Waals surface area contributed by atoms with Crippen LogP contribution in [0.1, 0.15) is 31.7 Å². The van der Waals surface area contributed by atoms with Crippen molar-refractivity contribution in [1.29, 1.82) is 0 Å². The standard InChI is InChI=1S/C28H27ClN4O3S/c1-2-3-6-17-36-23-15-9-20(10-16-23)18-30-32-26(34)19-37-28-31-25-8-5-4-7-24(25)27(35)33(28)22-13-11-21(29)12-14-22/h4-5,7-16,18H,2-3,6,17,19H2,1H3,(H,32,34). The van der Waals surface area contributed by atoms with E-state index in [-0.39, 0.29) is 17.2 Å². The van der Waals surface area contributed by atoms with E-state index in [4.69, 9.17) is 16.3 Å². The highest BCUT2D eigenvalue weighted by Crippen LogP contribution is 2.22. The molecule has 0 aliphatic heterocycles. The SMILES string of the molecule is CCCCCOc1ccc(C=NNC(=O)CSc2nc3ccccc3c(=O)n2-c2ccc(Cl)cc2)cc1. The van der Waals surface area contributed by atoms with E-state index in [1.165, 1.54) is 4.57 Å². The van der Waals surface area contributed by atoms with Crippen LogP contribution in [0, 0.1) is 0 Å². The number of benzene rings is 3. The quantitative estimate of drug-likeness (QED) is 0.0857. The van der Waals surface area contributed by atoms with Gasteiger partial charge in [0.2, 0.25) is 0 Å². The Morgan fingerprint density at radius 3 is 2.59 bits per heavy atom. The van der Waals surface area contributed by atoms with Crippen LogP contribution in [0.3, 0.4) is 0 Å². The fourth-order valence-corrected chi connectivity index (χ4v) is 4.49. The van der Waals surface area contributed by atoms with Crippen molar-refractivity contribution in [3.8, 4) is 11.4 Å². The van der Waals surface area contributed by atoms with Crippen molar-refractivity contribution in [1.82, 2.24) is 15.0 Å². The Balaban J connectivity index is 1.40. The third-order valence-corrected chi connectivity index (χ3v) is 6.65. The van der Waals surface area contributed by atoms with Gasteiger partial charge in [0.15, 0.2) is 5.16 Å². The number of carbonyl (C=O) groups is 1. The molecule has 0 saturated carbocycles. The van der Waals surface area contributed by atoms with E-state index in [0.29, 0.717) is 33.4 Å². The second kappa shape index (κ2) is 13.1. The first-order chi connectivity index (χ1) is 18.0. The Labute approximate surface area is 224 Å². The van der Waals surface area contributed by atoms with Crippen LogP contribution in [0.25, 0.3) is 16.6 Å². The van der Waals surface area contributed by atoms with Crippen LogP contribution in [0.2, 0.25) is 5.02 Å². The molecule has 0 radical (unpaired) electrons. The number of hydrogen-bond donors (Lipinski definition) is 1. The number of hydrogen-bond acceptors (Lipinski definition) is 6. The largest absolute Gasteiger partial charge is 0.494 e. The molecule has 0 unspecified atom stereocenters. The predicted molar refractivity (Wildman–Crippen MR) is 150 cm³/mol. The van der Waals surface area contributed by atoms with E-state index in [9.17, 15) is 9.59 Å². The number of carbonyl (C=O) groups excluding carboxylic acids is 1. The Kier molecular flexibility index (Phi) is 9.35. The van der Waals surface area contributed by atoms with Gasteiger partial charge in [0.1, 0.15) is 5.75 Å². The van der Waals surface area contributed by atoms with Gasteiger partial charge < -0.3 is 4.74 Å². The lowest BCUT2D eigenvalue weighted by atomic mass is 10.2. The number of nitrogens with zero attached hydrogens (tertiary/aromatic N) is 3. The first-order valence-corrected chi connectivity index (χ1v) is 13.4. The maximum atomic E-state index is 13.3. The summed E-state index contributed by atoms with van der Waals surface area (Å²) in [6.07, 6.45) is 4.91. The molecule has 0 saturated heterocycles. The highest BCUT2D eigenvalue weighted by Gasteiger charge is 2.14. The number of amides is 1. The third kappa shape index (κ3) is 7.21. The summed E-state index contributed by atoms with van der Waals surface area (Å²) in [5.74, 6) is 0.519. The number of para-hydroxylation sites is 1. The van der Waals surface area contributed by atoms with Gasteiger partial charge in [0, 0.05) is 5.02 Å². The fourth-order valence-electron chi connectivity index (χ4n) is 3.56. The molecule has 1 heterocycles. The minimum Gasteiger partial charge on any atom is -0.494 e. The van der Waals surface area contributed by atoms with E-state index in [1.54, 1.807) is 48.7 Å². The molecule has 1 N–H and O–H groups in total. The first kappa shape index (κ1) is 26.4. The normalized spacial score (nSPS) is 11.2. The highest BCUT2D eigenvalue weighted by atomic mass is 35.5. The van der Waals surface area contributed by atoms with Gasteiger partial charge in [-0.25, -0.2) is 10.4 Å². The molecular formula is C28H27ClN4O3S. The summed E-state index contributed by atoms with van der Waals surface area (Å²) in [7, 11) is 0. The molecule has 7 nitrogen and oxygen atoms in total. The lowest BCUT2D eigenvalue weighted by molar-refractivity contribution is -0.118. The van der Waals surface area contributed by atoms with Crippen LogP contribution in [0.15, 0.2) is 87.8 Å². The van der Waals surface area contributed by atoms with Crippen molar-refractivity contribution in [3.63, 3.8) is 0 Å². The summed E-state index contributed by atoms with van der Waals surface area (Å²) in [6, 6.07) is 21.6. The van der Waals surface area contributed by atoms with Crippen LogP contribution in [0.4, 0.5) is 0 Å². The van der Waals surface area contributed by atoms with Crippen molar-refractivity contribution >= 4 is 46.4 Å². The van der Waals surface area contributed by atoms with Crippen molar-refractivity contribution in [2.24, 2.45) is 5.10 Å². The van der Waals surface area contributed by atoms with Crippen LogP contribution in [-0.2, 0) is 4.79 Å². The minimum absolute atomic E-state index is 0.0280. The second-order valence-corrected chi connectivity index (χ2v) is 9.61. The van der Waals surface area contributed by atoms with Gasteiger partial charge in [-0.15, -0.1) is 0 Å². The second-order valence-electron chi connectivity index (χ2n) is 8.23. The molecule has 0 fully saturated rings. The number of fused-ring (bicyclic) bond motifs is 1. The summed E-state index contributed by atoms with van der Waals surface area (Å²) < 4.78 is 7.20. The van der Waals surface area contributed by atoms with E-state index in [1.807, 2.05) is 30.3 Å². The molecule has 0 aliphatic carbocycles. The smallest absolute Gasteiger partial charge is 0.266 e. The lowest BCUT2D eigenvalue weighted by Crippen LogP contribution is -2.24. The first-order valence-electron chi connectivity index (χ1n) is 12.0. The summed E-state index contributed by atoms with van der Waals surface area (Å²) >= 11 is 7.19. The Morgan fingerprint density at radius 2 is 1.84 bits per heavy atom. The summed E-state index contributed by atoms with van der Waals surface area (Å²) in [5.41, 5.74) is 4.33. The van der Waals surface area contributed by atoms with Crippen molar-refractivity contribution in [2.45, 2.75) is 31.3 Å². The van der Waals surface area contributed by atoms with Crippen LogP contribution in [-0.4, -0.2) is 34.0 Å². The zero-order valence-electron chi connectivity index (χ0n) is 20.4. The van der Waals surface area contributed by atoms with E-state index in [0.717, 1.165) is 42.3 Å². The van der Waals surface area contributed by atoms with Gasteiger partial charge in [-0.2, -0.15) is 5.10 Å². The molecule has 1 amide bonds. The monoisotopic (exact) mass is 534 g/mol. The molecule has 0 spiro atoms. The molecule has 4 rings (SSSR count). The van der Waals surface area contributed by atoms with E-state index < -0.39 is 0 Å². The van der Waals surface area contributed by atoms with E-state index in [2.05, 4.69) is 22.4 Å². The molecule has 0 atom stereocenters. The lowest BCUT2D eigenvalue weighted by Gasteiger charge is -2.13. The van der Waals surface area contributed by atoms with Crippen molar-refractivity contribution in [2.75, 3.05) is 12.4 Å². The molecular weight excluding hydrogens is 508 g/mol. The van der Waals surface area contributed by atoms with Crippen LogP contribution < -0.4 is 15.7 Å². The molecule has 1 aromatic heterocycles. The Bertz CT molecular complexity index is 1440. The zero-order valence-corrected chi connectivity index (χ0v) is 22.0. The number of aromatic nitrogens is 2. The number of rotatable bonds is 11. The maximum absolute atomic E-state index is 13.3. The molecule has 4 aromatic rings.